The molecule has 0 fully saturated rings. The van der Waals surface area contributed by atoms with Crippen molar-refractivity contribution < 1.29 is 33.9 Å². The van der Waals surface area contributed by atoms with Crippen molar-refractivity contribution >= 4 is 15.9 Å². The molecule has 0 aliphatic rings. The van der Waals surface area contributed by atoms with Gasteiger partial charge in [0, 0.05) is 42.7 Å². The van der Waals surface area contributed by atoms with Gasteiger partial charge in [0.15, 0.2) is 6.29 Å². The number of benzene rings is 1. The van der Waals surface area contributed by atoms with Crippen molar-refractivity contribution in [2.75, 3.05) is 64.8 Å². The summed E-state index contributed by atoms with van der Waals surface area (Å²) in [4.78, 5) is 0. The molecule has 252 valence electrons. The van der Waals surface area contributed by atoms with Gasteiger partial charge in [-0.1, -0.05) is 64.2 Å². The molecule has 0 aliphatic heterocycles. The van der Waals surface area contributed by atoms with Crippen molar-refractivity contribution in [3.05, 3.63) is 53.6 Å². The van der Waals surface area contributed by atoms with Gasteiger partial charge in [-0.3, -0.25) is 0 Å². The van der Waals surface area contributed by atoms with Crippen LogP contribution in [0.3, 0.4) is 0 Å². The summed E-state index contributed by atoms with van der Waals surface area (Å²) in [6.45, 7) is 5.13. The average molecular weight is 698 g/mol. The molecule has 0 saturated heterocycles. The Kier molecular flexibility index (Phi) is 19.6. The minimum absolute atomic E-state index is 0.00833. The number of alkyl halides is 1. The van der Waals surface area contributed by atoms with Crippen molar-refractivity contribution in [3.63, 3.8) is 0 Å². The second-order valence-corrected chi connectivity index (χ2v) is 11.2. The fourth-order valence-corrected chi connectivity index (χ4v) is 4.64. The molecular formula is C31H49BrN6O7. The van der Waals surface area contributed by atoms with Gasteiger partial charge < -0.3 is 33.9 Å². The summed E-state index contributed by atoms with van der Waals surface area (Å²) < 4.78 is 32.4. The molecule has 0 unspecified atom stereocenters. The van der Waals surface area contributed by atoms with Crippen LogP contribution in [0.15, 0.2) is 36.7 Å². The highest BCUT2D eigenvalue weighted by molar-refractivity contribution is 9.09. The van der Waals surface area contributed by atoms with E-state index in [4.69, 9.17) is 33.9 Å². The lowest BCUT2D eigenvalue weighted by Gasteiger charge is -2.19. The van der Waals surface area contributed by atoms with Crippen LogP contribution in [0.25, 0.3) is 0 Å². The van der Waals surface area contributed by atoms with E-state index >= 15 is 0 Å². The summed E-state index contributed by atoms with van der Waals surface area (Å²) in [5.74, 6) is 0.816. The predicted octanol–water partition coefficient (Wildman–Crippen LogP) is 3.52. The van der Waals surface area contributed by atoms with Crippen LogP contribution in [-0.2, 0) is 44.9 Å². The van der Waals surface area contributed by atoms with E-state index in [9.17, 15) is 0 Å². The van der Waals surface area contributed by atoms with Gasteiger partial charge in [-0.25, -0.2) is 9.36 Å². The minimum atomic E-state index is -0.586. The van der Waals surface area contributed by atoms with E-state index in [0.29, 0.717) is 59.0 Å². The van der Waals surface area contributed by atoms with Crippen molar-refractivity contribution in [1.29, 1.82) is 0 Å². The maximum atomic E-state index is 9.09. The van der Waals surface area contributed by atoms with Gasteiger partial charge in [-0.15, -0.1) is 10.2 Å². The highest BCUT2D eigenvalue weighted by atomic mass is 79.9. The number of unbranched alkanes of at least 4 members (excludes halogenated alkanes) is 5. The first-order valence-corrected chi connectivity index (χ1v) is 17.0. The second-order valence-electron chi connectivity index (χ2n) is 10.4. The Labute approximate surface area is 274 Å². The Morgan fingerprint density at radius 3 is 1.73 bits per heavy atom. The molecule has 2 heterocycles. The summed E-state index contributed by atoms with van der Waals surface area (Å²) in [5.41, 5.74) is 2.44. The lowest BCUT2D eigenvalue weighted by atomic mass is 10.1. The highest BCUT2D eigenvalue weighted by Crippen LogP contribution is 2.23. The van der Waals surface area contributed by atoms with E-state index in [1.165, 1.54) is 19.3 Å². The molecule has 2 aromatic heterocycles. The normalized spacial score (nSPS) is 11.6. The fraction of sp³-hybridized carbons (Fsp3) is 0.677. The molecule has 2 N–H and O–H groups in total. The predicted molar refractivity (Wildman–Crippen MR) is 171 cm³/mol. The van der Waals surface area contributed by atoms with Crippen molar-refractivity contribution in [2.24, 2.45) is 0 Å². The van der Waals surface area contributed by atoms with E-state index < -0.39 is 6.29 Å². The Balaban J connectivity index is 1.36. The number of aliphatic hydroxyl groups is 2. The number of aromatic nitrogens is 6. The Morgan fingerprint density at radius 1 is 0.644 bits per heavy atom. The molecule has 14 heteroatoms. The molecule has 3 aromatic rings. The second kappa shape index (κ2) is 23.8. The van der Waals surface area contributed by atoms with Crippen molar-refractivity contribution in [1.82, 2.24) is 30.0 Å². The topological polar surface area (TPSA) is 148 Å². The molecule has 0 amide bonds. The quantitative estimate of drug-likeness (QED) is 0.0653. The number of aliphatic hydroxyl groups excluding tert-OH is 2. The molecule has 0 atom stereocenters. The number of hydrogen-bond donors (Lipinski definition) is 2. The third-order valence-electron chi connectivity index (χ3n) is 6.78. The summed E-state index contributed by atoms with van der Waals surface area (Å²) >= 11 is 3.34. The van der Waals surface area contributed by atoms with Crippen molar-refractivity contribution in [3.8, 4) is 5.75 Å². The molecule has 13 nitrogen and oxygen atoms in total. The lowest BCUT2D eigenvalue weighted by molar-refractivity contribution is -0.145. The number of nitrogens with zero attached hydrogens (tertiary/aromatic N) is 6. The number of rotatable bonds is 28. The number of halogens is 1. The van der Waals surface area contributed by atoms with E-state index in [1.54, 1.807) is 21.8 Å². The van der Waals surface area contributed by atoms with Gasteiger partial charge in [0.2, 0.25) is 0 Å². The van der Waals surface area contributed by atoms with Gasteiger partial charge in [0.1, 0.15) is 5.75 Å². The largest absolute Gasteiger partial charge is 0.494 e. The zero-order valence-corrected chi connectivity index (χ0v) is 27.8. The Hall–Kier alpha value is -2.46. The minimum Gasteiger partial charge on any atom is -0.494 e. The number of ether oxygens (including phenoxy) is 5. The van der Waals surface area contributed by atoms with E-state index in [1.807, 2.05) is 24.3 Å². The molecular weight excluding hydrogens is 648 g/mol. The molecule has 0 radical (unpaired) electrons. The van der Waals surface area contributed by atoms with Crippen LogP contribution in [-0.4, -0.2) is 105 Å². The SMILES string of the molecule is OCCn1cc(CCOC(OCCc2cn(CCO)nn2)c2ccc(OCCCCCCCCOCCOCCBr)cc2)nn1. The Bertz CT molecular complexity index is 1080. The summed E-state index contributed by atoms with van der Waals surface area (Å²) in [7, 11) is 0. The van der Waals surface area contributed by atoms with E-state index in [-0.39, 0.29) is 13.2 Å². The van der Waals surface area contributed by atoms with Crippen LogP contribution < -0.4 is 4.74 Å². The van der Waals surface area contributed by atoms with Crippen LogP contribution in [0.2, 0.25) is 0 Å². The van der Waals surface area contributed by atoms with Crippen LogP contribution in [0.4, 0.5) is 0 Å². The van der Waals surface area contributed by atoms with Gasteiger partial charge in [0.05, 0.1) is 77.3 Å². The summed E-state index contributed by atoms with van der Waals surface area (Å²) in [6, 6.07) is 7.82. The number of hydrogen-bond acceptors (Lipinski definition) is 11. The van der Waals surface area contributed by atoms with Gasteiger partial charge >= 0.3 is 0 Å². The zero-order valence-electron chi connectivity index (χ0n) is 26.2. The monoisotopic (exact) mass is 696 g/mol. The van der Waals surface area contributed by atoms with E-state index in [0.717, 1.165) is 60.5 Å². The maximum Gasteiger partial charge on any atom is 0.183 e. The smallest absolute Gasteiger partial charge is 0.183 e. The molecule has 3 rings (SSSR count). The van der Waals surface area contributed by atoms with Crippen molar-refractivity contribution in [2.45, 2.75) is 70.7 Å². The van der Waals surface area contributed by atoms with E-state index in [2.05, 4.69) is 36.6 Å². The third-order valence-corrected chi connectivity index (χ3v) is 7.11. The first kappa shape index (κ1) is 37.0. The molecule has 1 aromatic carbocycles. The molecule has 0 spiro atoms. The standard InChI is InChI=1S/C31H49BrN6O7/c32-13-22-42-24-23-41-18-5-3-1-2-4-6-19-43-30-9-7-27(8-10-30)31(44-20-11-28-25-37(14-16-39)35-33-28)45-21-12-29-26-38(15-17-40)36-34-29/h7-10,25-26,31,39-40H,1-6,11-24H2. The summed E-state index contributed by atoms with van der Waals surface area (Å²) in [5, 5.41) is 35.3. The molecule has 0 saturated carbocycles. The molecule has 0 bridgehead atoms. The zero-order chi connectivity index (χ0) is 31.8. The highest BCUT2D eigenvalue weighted by Gasteiger charge is 2.15. The third kappa shape index (κ3) is 16.1. The van der Waals surface area contributed by atoms with Crippen LogP contribution in [0.5, 0.6) is 5.75 Å². The lowest BCUT2D eigenvalue weighted by Crippen LogP contribution is -2.13. The molecule has 45 heavy (non-hydrogen) atoms. The maximum absolute atomic E-state index is 9.09. The first-order valence-electron chi connectivity index (χ1n) is 15.9. The first-order chi connectivity index (χ1) is 22.2. The van der Waals surface area contributed by atoms with Gasteiger partial charge in [0.25, 0.3) is 0 Å². The Morgan fingerprint density at radius 2 is 1.18 bits per heavy atom. The van der Waals surface area contributed by atoms with Crippen LogP contribution in [0.1, 0.15) is 61.8 Å². The summed E-state index contributed by atoms with van der Waals surface area (Å²) in [6.07, 6.45) is 11.0. The average Bonchev–Trinajstić information content (AvgIpc) is 3.70. The van der Waals surface area contributed by atoms with Crippen LogP contribution in [0, 0.1) is 0 Å². The fourth-order valence-electron chi connectivity index (χ4n) is 4.41. The molecule has 0 aliphatic carbocycles. The van der Waals surface area contributed by atoms with Gasteiger partial charge in [-0.05, 0) is 25.0 Å². The van der Waals surface area contributed by atoms with Crippen LogP contribution >= 0.6 is 15.9 Å². The van der Waals surface area contributed by atoms with Gasteiger partial charge in [-0.2, -0.15) is 0 Å².